The summed E-state index contributed by atoms with van der Waals surface area (Å²) in [6.45, 7) is 4.65. The fourth-order valence-corrected chi connectivity index (χ4v) is 3.55. The predicted octanol–water partition coefficient (Wildman–Crippen LogP) is 2.30. The van der Waals surface area contributed by atoms with Gasteiger partial charge in [-0.05, 0) is 17.5 Å². The monoisotopic (exact) mass is 460 g/mol. The summed E-state index contributed by atoms with van der Waals surface area (Å²) in [7, 11) is 0. The van der Waals surface area contributed by atoms with Crippen molar-refractivity contribution in [1.29, 1.82) is 0 Å². The Morgan fingerprint density at radius 2 is 1.33 bits per heavy atom. The van der Waals surface area contributed by atoms with Gasteiger partial charge in [-0.3, -0.25) is 19.2 Å². The van der Waals surface area contributed by atoms with Gasteiger partial charge in [0.1, 0.15) is 11.5 Å². The Morgan fingerprint density at radius 1 is 0.758 bits per heavy atom. The number of benzene rings is 2. The molecule has 0 N–H and O–H groups in total. The quantitative estimate of drug-likeness (QED) is 0.360. The molecule has 176 valence electrons. The van der Waals surface area contributed by atoms with E-state index in [9.17, 15) is 19.2 Å². The Morgan fingerprint density at radius 3 is 1.91 bits per heavy atom. The average molecular weight is 460 g/mol. The molecule has 1 aliphatic heterocycles. The lowest BCUT2D eigenvalue weighted by Crippen LogP contribution is -2.59. The molecule has 0 aliphatic carbocycles. The van der Waals surface area contributed by atoms with Crippen LogP contribution in [0.15, 0.2) is 36.4 Å². The van der Waals surface area contributed by atoms with Gasteiger partial charge in [-0.25, -0.2) is 0 Å². The van der Waals surface area contributed by atoms with Crippen LogP contribution < -0.4 is 9.47 Å². The topological polar surface area (TPSA) is 124 Å². The molecule has 3 rings (SSSR count). The van der Waals surface area contributed by atoms with E-state index < -0.39 is 48.5 Å². The van der Waals surface area contributed by atoms with E-state index in [1.807, 2.05) is 0 Å². The lowest BCUT2D eigenvalue weighted by atomic mass is 10.0. The van der Waals surface area contributed by atoms with Crippen LogP contribution in [0.2, 0.25) is 0 Å². The second kappa shape index (κ2) is 10.3. The summed E-state index contributed by atoms with van der Waals surface area (Å²) in [6, 6.07) is 10.3. The fourth-order valence-electron chi connectivity index (χ4n) is 3.55. The van der Waals surface area contributed by atoms with Gasteiger partial charge in [-0.2, -0.15) is 0 Å². The molecule has 2 aromatic carbocycles. The maximum atomic E-state index is 11.8. The van der Waals surface area contributed by atoms with E-state index in [1.165, 1.54) is 27.7 Å². The van der Waals surface area contributed by atoms with E-state index >= 15 is 0 Å². The van der Waals surface area contributed by atoms with Crippen LogP contribution in [0.3, 0.4) is 0 Å². The van der Waals surface area contributed by atoms with Crippen molar-refractivity contribution in [3.05, 3.63) is 36.4 Å². The van der Waals surface area contributed by atoms with Crippen LogP contribution in [0, 0.1) is 0 Å². The first-order valence-electron chi connectivity index (χ1n) is 10.2. The van der Waals surface area contributed by atoms with Gasteiger partial charge in [0.05, 0.1) is 12.0 Å². The minimum atomic E-state index is -1.25. The first kappa shape index (κ1) is 24.0. The zero-order valence-corrected chi connectivity index (χ0v) is 18.6. The number of carbonyl (C=O) groups excluding carboxylic acids is 4. The number of esters is 4. The van der Waals surface area contributed by atoms with Crippen molar-refractivity contribution in [3.63, 3.8) is 0 Å². The molecule has 1 fully saturated rings. The molecule has 0 bridgehead atoms. The molecule has 0 saturated carbocycles. The zero-order valence-electron chi connectivity index (χ0n) is 18.6. The predicted molar refractivity (Wildman–Crippen MR) is 112 cm³/mol. The molecule has 1 aliphatic rings. The number of ether oxygens (including phenoxy) is 6. The highest BCUT2D eigenvalue weighted by Crippen LogP contribution is 2.36. The summed E-state index contributed by atoms with van der Waals surface area (Å²) >= 11 is 0. The molecule has 0 unspecified atom stereocenters. The molecule has 10 heteroatoms. The highest BCUT2D eigenvalue weighted by molar-refractivity contribution is 5.95. The molecule has 1 saturated heterocycles. The van der Waals surface area contributed by atoms with E-state index in [0.717, 1.165) is 5.39 Å². The molecule has 1 heterocycles. The Hall–Kier alpha value is -3.66. The van der Waals surface area contributed by atoms with Gasteiger partial charge in [0.15, 0.2) is 12.2 Å². The summed E-state index contributed by atoms with van der Waals surface area (Å²) in [5.74, 6) is -1.94. The Balaban J connectivity index is 2.00. The number of carbonyl (C=O) groups is 4. The third-order valence-corrected chi connectivity index (χ3v) is 4.63. The smallest absolute Gasteiger partial charge is 0.308 e. The van der Waals surface area contributed by atoms with Gasteiger partial charge in [-0.1, -0.05) is 24.3 Å². The zero-order chi connectivity index (χ0) is 24.1. The Bertz CT molecular complexity index is 1060. The first-order valence-corrected chi connectivity index (χ1v) is 10.2. The van der Waals surface area contributed by atoms with E-state index in [2.05, 4.69) is 0 Å². The van der Waals surface area contributed by atoms with Crippen molar-refractivity contribution < 1.29 is 47.6 Å². The standard InChI is InChI=1S/C23H24O10/c1-12(24)29-17-9-5-7-16-8-6-10-18(20(16)17)33-23-22(32-15(4)27)21(31-14(3)26)19(11-28-23)30-13(2)25/h5-10,19,21-23H,11H2,1-4H3/t19-,21+,22-,23+/m1/s1. The van der Waals surface area contributed by atoms with E-state index in [4.69, 9.17) is 28.4 Å². The molecular formula is C23H24O10. The Kier molecular flexibility index (Phi) is 7.49. The molecular weight excluding hydrogens is 436 g/mol. The highest BCUT2D eigenvalue weighted by atomic mass is 16.7. The van der Waals surface area contributed by atoms with Gasteiger partial charge >= 0.3 is 23.9 Å². The second-order valence-electron chi connectivity index (χ2n) is 7.32. The van der Waals surface area contributed by atoms with Crippen molar-refractivity contribution in [1.82, 2.24) is 0 Å². The summed E-state index contributed by atoms with van der Waals surface area (Å²) < 4.78 is 33.0. The third kappa shape index (κ3) is 5.98. The van der Waals surface area contributed by atoms with Crippen LogP contribution in [0.25, 0.3) is 10.8 Å². The molecule has 33 heavy (non-hydrogen) atoms. The number of hydrogen-bond acceptors (Lipinski definition) is 10. The lowest BCUT2D eigenvalue weighted by Gasteiger charge is -2.40. The normalized spacial score (nSPS) is 22.2. The van der Waals surface area contributed by atoms with Crippen molar-refractivity contribution in [2.45, 2.75) is 52.3 Å². The van der Waals surface area contributed by atoms with Crippen molar-refractivity contribution in [3.8, 4) is 11.5 Å². The first-order chi connectivity index (χ1) is 15.7. The molecule has 0 spiro atoms. The largest absolute Gasteiger partial charge is 0.460 e. The van der Waals surface area contributed by atoms with Gasteiger partial charge in [-0.15, -0.1) is 0 Å². The summed E-state index contributed by atoms with van der Waals surface area (Å²) in [6.07, 6.45) is -4.65. The fraction of sp³-hybridized carbons (Fsp3) is 0.391. The number of hydrogen-bond donors (Lipinski definition) is 0. The summed E-state index contributed by atoms with van der Waals surface area (Å²) in [4.78, 5) is 46.6. The van der Waals surface area contributed by atoms with E-state index in [-0.39, 0.29) is 18.1 Å². The molecule has 0 aromatic heterocycles. The summed E-state index contributed by atoms with van der Waals surface area (Å²) in [5, 5.41) is 1.21. The molecule has 0 amide bonds. The number of fused-ring (bicyclic) bond motifs is 1. The molecule has 0 radical (unpaired) electrons. The summed E-state index contributed by atoms with van der Waals surface area (Å²) in [5.41, 5.74) is 0. The minimum Gasteiger partial charge on any atom is -0.460 e. The van der Waals surface area contributed by atoms with Crippen LogP contribution >= 0.6 is 0 Å². The van der Waals surface area contributed by atoms with Crippen LogP contribution in [-0.4, -0.2) is 55.1 Å². The van der Waals surface area contributed by atoms with Gasteiger partial charge in [0, 0.05) is 27.7 Å². The molecule has 2 aromatic rings. The maximum Gasteiger partial charge on any atom is 0.308 e. The van der Waals surface area contributed by atoms with Crippen molar-refractivity contribution in [2.24, 2.45) is 0 Å². The van der Waals surface area contributed by atoms with E-state index in [0.29, 0.717) is 5.39 Å². The average Bonchev–Trinajstić information content (AvgIpc) is 2.71. The second-order valence-corrected chi connectivity index (χ2v) is 7.32. The SMILES string of the molecule is CC(=O)Oc1cccc2cccc(O[C@@H]3OC[C@@H](OC(C)=O)[C@H](OC(C)=O)[C@H]3OC(C)=O)c12. The van der Waals surface area contributed by atoms with Crippen molar-refractivity contribution >= 4 is 34.6 Å². The molecule has 4 atom stereocenters. The lowest BCUT2D eigenvalue weighted by molar-refractivity contribution is -0.259. The van der Waals surface area contributed by atoms with Crippen molar-refractivity contribution in [2.75, 3.05) is 6.61 Å². The Labute approximate surface area is 189 Å². The highest BCUT2D eigenvalue weighted by Gasteiger charge is 2.48. The van der Waals surface area contributed by atoms with Gasteiger partial charge in [0.2, 0.25) is 12.4 Å². The van der Waals surface area contributed by atoms with Crippen LogP contribution in [0.5, 0.6) is 11.5 Å². The maximum absolute atomic E-state index is 11.8. The van der Waals surface area contributed by atoms with Gasteiger partial charge < -0.3 is 28.4 Å². The molecule has 10 nitrogen and oxygen atoms in total. The minimum absolute atomic E-state index is 0.179. The van der Waals surface area contributed by atoms with Crippen LogP contribution in [0.4, 0.5) is 0 Å². The van der Waals surface area contributed by atoms with E-state index in [1.54, 1.807) is 36.4 Å². The van der Waals surface area contributed by atoms with Crippen LogP contribution in [-0.2, 0) is 38.1 Å². The number of rotatable bonds is 6. The van der Waals surface area contributed by atoms with Crippen LogP contribution in [0.1, 0.15) is 27.7 Å². The third-order valence-electron chi connectivity index (χ3n) is 4.63. The van der Waals surface area contributed by atoms with Gasteiger partial charge in [0.25, 0.3) is 0 Å².